The van der Waals surface area contributed by atoms with Gasteiger partial charge in [0.1, 0.15) is 12.1 Å². The number of anilines is 1. The number of nitrogens with zero attached hydrogens (tertiary/aromatic N) is 5. The van der Waals surface area contributed by atoms with Crippen molar-refractivity contribution in [3.63, 3.8) is 0 Å². The largest absolute Gasteiger partial charge is 0.573 e. The molecule has 1 atom stereocenters. The van der Waals surface area contributed by atoms with Gasteiger partial charge in [0.25, 0.3) is 0 Å². The first-order valence-corrected chi connectivity index (χ1v) is 16.4. The number of rotatable bonds is 8. The van der Waals surface area contributed by atoms with Crippen LogP contribution in [0.15, 0.2) is 72.0 Å². The lowest BCUT2D eigenvalue weighted by Gasteiger charge is -2.37. The Morgan fingerprint density at radius 2 is 1.70 bits per heavy atom. The van der Waals surface area contributed by atoms with Crippen LogP contribution in [0.1, 0.15) is 49.4 Å². The van der Waals surface area contributed by atoms with E-state index in [4.69, 9.17) is 0 Å². The van der Waals surface area contributed by atoms with Crippen LogP contribution in [0.5, 0.6) is 5.75 Å². The predicted molar refractivity (Wildman–Crippen MR) is 181 cm³/mol. The fourth-order valence-corrected chi connectivity index (χ4v) is 7.01. The summed E-state index contributed by atoms with van der Waals surface area (Å²) in [5.41, 5.74) is 6.89. The monoisotopic (exact) mass is 664 g/mol. The predicted octanol–water partition coefficient (Wildman–Crippen LogP) is 8.42. The molecule has 1 saturated heterocycles. The maximum absolute atomic E-state index is 13.1. The number of carbonyl (C=O) groups excluding carboxylic acids is 1. The van der Waals surface area contributed by atoms with Gasteiger partial charge >= 0.3 is 12.4 Å². The molecule has 1 N–H and O–H groups in total. The summed E-state index contributed by atoms with van der Waals surface area (Å²) in [5, 5.41) is 8.24. The fourth-order valence-electron chi connectivity index (χ4n) is 5.81. The molecule has 0 bridgehead atoms. The number of halogens is 3. The molecule has 1 aliphatic heterocycles. The Bertz CT molecular complexity index is 1730. The van der Waals surface area contributed by atoms with Crippen LogP contribution in [0.2, 0.25) is 0 Å². The van der Waals surface area contributed by atoms with Crippen molar-refractivity contribution >= 4 is 28.6 Å². The van der Waals surface area contributed by atoms with Gasteiger partial charge in [-0.05, 0) is 86.9 Å². The molecule has 2 amide bonds. The Labute approximate surface area is 277 Å². The molecular weight excluding hydrogens is 625 g/mol. The van der Waals surface area contributed by atoms with E-state index in [-0.39, 0.29) is 23.2 Å². The summed E-state index contributed by atoms with van der Waals surface area (Å²) in [6.07, 6.45) is -1.51. The maximum Gasteiger partial charge on any atom is 0.573 e. The van der Waals surface area contributed by atoms with Crippen LogP contribution in [-0.4, -0.2) is 50.7 Å². The van der Waals surface area contributed by atoms with Gasteiger partial charge in [-0.1, -0.05) is 67.6 Å². The molecule has 0 spiro atoms. The lowest BCUT2D eigenvalue weighted by molar-refractivity contribution is -0.274. The molecule has 0 aliphatic carbocycles. The van der Waals surface area contributed by atoms with E-state index in [1.165, 1.54) is 52.0 Å². The normalized spacial score (nSPS) is 16.4. The minimum Gasteiger partial charge on any atom is -0.406 e. The summed E-state index contributed by atoms with van der Waals surface area (Å²) in [7, 11) is 0. The first-order chi connectivity index (χ1) is 22.2. The van der Waals surface area contributed by atoms with E-state index in [0.717, 1.165) is 40.6 Å². The van der Waals surface area contributed by atoms with Gasteiger partial charge in [0, 0.05) is 29.6 Å². The van der Waals surface area contributed by atoms with Gasteiger partial charge in [0.05, 0.1) is 5.69 Å². The highest BCUT2D eigenvalue weighted by molar-refractivity contribution is 8.14. The molecule has 1 unspecified atom stereocenters. The molecular formula is C35H39F3N6O2S. The molecule has 3 aromatic carbocycles. The number of aromatic nitrogens is 3. The number of aliphatic imine (C=N–C) groups is 1. The molecule has 4 aromatic rings. The van der Waals surface area contributed by atoms with Gasteiger partial charge < -0.3 is 15.0 Å². The second-order valence-corrected chi connectivity index (χ2v) is 13.8. The second kappa shape index (κ2) is 13.8. The molecule has 47 heavy (non-hydrogen) atoms. The van der Waals surface area contributed by atoms with Crippen molar-refractivity contribution in [3.05, 3.63) is 89.2 Å². The van der Waals surface area contributed by atoms with Gasteiger partial charge in [-0.25, -0.2) is 14.5 Å². The number of ether oxygens (including phenoxy) is 1. The molecule has 12 heteroatoms. The van der Waals surface area contributed by atoms with Crippen LogP contribution in [0.4, 0.5) is 23.7 Å². The average molecular weight is 665 g/mol. The smallest absolute Gasteiger partial charge is 0.406 e. The van der Waals surface area contributed by atoms with E-state index in [1.807, 2.05) is 24.3 Å². The van der Waals surface area contributed by atoms with Gasteiger partial charge in [-0.15, -0.1) is 18.3 Å². The molecule has 248 valence electrons. The minimum atomic E-state index is -4.75. The van der Waals surface area contributed by atoms with Crippen LogP contribution >= 0.6 is 11.8 Å². The zero-order valence-electron chi connectivity index (χ0n) is 27.4. The Balaban J connectivity index is 1.20. The number of urea groups is 1. The third-order valence-corrected chi connectivity index (χ3v) is 8.91. The third-order valence-electron chi connectivity index (χ3n) is 7.93. The Kier molecular flexibility index (Phi) is 10.00. The lowest BCUT2D eigenvalue weighted by Crippen LogP contribution is -2.43. The second-order valence-electron chi connectivity index (χ2n) is 12.7. The summed E-state index contributed by atoms with van der Waals surface area (Å²) in [6, 6.07) is 17.5. The summed E-state index contributed by atoms with van der Waals surface area (Å²) >= 11 is 1.62. The highest BCUT2D eigenvalue weighted by Gasteiger charge is 2.31. The van der Waals surface area contributed by atoms with Crippen LogP contribution in [0.3, 0.4) is 0 Å². The van der Waals surface area contributed by atoms with Crippen molar-refractivity contribution in [2.24, 2.45) is 10.4 Å². The average Bonchev–Trinajstić information content (AvgIpc) is 3.47. The number of aryl methyl sites for hydroxylation is 3. The van der Waals surface area contributed by atoms with Crippen molar-refractivity contribution in [1.82, 2.24) is 20.1 Å². The molecule has 1 aliphatic rings. The van der Waals surface area contributed by atoms with Crippen molar-refractivity contribution < 1.29 is 22.7 Å². The number of thioether (sulfide) groups is 1. The van der Waals surface area contributed by atoms with Crippen molar-refractivity contribution in [2.45, 2.75) is 66.8 Å². The van der Waals surface area contributed by atoms with Crippen molar-refractivity contribution in [3.8, 4) is 22.8 Å². The first-order valence-electron chi connectivity index (χ1n) is 15.4. The number of hydrogen-bond acceptors (Lipinski definition) is 5. The van der Waals surface area contributed by atoms with Crippen LogP contribution in [0.25, 0.3) is 17.1 Å². The Morgan fingerprint density at radius 3 is 2.34 bits per heavy atom. The number of amidine groups is 1. The topological polar surface area (TPSA) is 84.6 Å². The molecule has 8 nitrogen and oxygen atoms in total. The summed E-state index contributed by atoms with van der Waals surface area (Å²) < 4.78 is 42.8. The fraction of sp³-hybridized carbons (Fsp3) is 0.371. The van der Waals surface area contributed by atoms with Crippen LogP contribution in [-0.2, 0) is 6.42 Å². The number of alkyl halides is 3. The molecule has 1 fully saturated rings. The number of carbonyl (C=O) groups is 1. The van der Waals surface area contributed by atoms with E-state index in [9.17, 15) is 18.0 Å². The van der Waals surface area contributed by atoms with E-state index in [1.54, 1.807) is 11.8 Å². The number of amides is 2. The molecule has 2 heterocycles. The van der Waals surface area contributed by atoms with E-state index in [0.29, 0.717) is 18.1 Å². The van der Waals surface area contributed by atoms with Crippen molar-refractivity contribution in [1.29, 1.82) is 0 Å². The van der Waals surface area contributed by atoms with Gasteiger partial charge in [0.2, 0.25) is 0 Å². The Morgan fingerprint density at radius 1 is 1.04 bits per heavy atom. The van der Waals surface area contributed by atoms with Crippen LogP contribution < -0.4 is 15.0 Å². The Hall–Kier alpha value is -4.32. The lowest BCUT2D eigenvalue weighted by atomic mass is 9.85. The zero-order valence-corrected chi connectivity index (χ0v) is 28.2. The molecule has 1 aromatic heterocycles. The molecule has 5 rings (SSSR count). The quantitative estimate of drug-likeness (QED) is 0.204. The van der Waals surface area contributed by atoms with E-state index in [2.05, 4.69) is 83.7 Å². The zero-order chi connectivity index (χ0) is 33.9. The highest BCUT2D eigenvalue weighted by Crippen LogP contribution is 2.35. The maximum atomic E-state index is 13.1. The number of benzene rings is 3. The SMILES string of the molecule is Cc1cc(C)c(N2C(=NC(=O)NCC(C)(C)Cc3ccc(-c4ncn(-c5ccc(OC(F)(F)F)cc5)n4)cc3)SCCC2C)c(C)c1. The standard InChI is InChI=1S/C35H39F3N6O2S/c1-22-17-23(2)30(24(3)18-22)44-25(4)15-16-47-33(44)41-32(45)39-20-34(5,6)19-26-7-9-27(10-8-26)31-40-21-43(42-31)28-11-13-29(14-12-28)46-35(36,37)38/h7-14,17-18,21,25H,15-16,19-20H2,1-6H3,(H,39,45). The van der Waals surface area contributed by atoms with Crippen molar-refractivity contribution in [2.75, 3.05) is 17.2 Å². The molecule has 0 radical (unpaired) electrons. The first kappa shape index (κ1) is 34.0. The van der Waals surface area contributed by atoms with Crippen LogP contribution in [0, 0.1) is 26.2 Å². The number of hydrogen-bond donors (Lipinski definition) is 1. The summed E-state index contributed by atoms with van der Waals surface area (Å²) in [5.74, 6) is 1.09. The van der Waals surface area contributed by atoms with E-state index < -0.39 is 6.36 Å². The number of nitrogens with one attached hydrogen (secondary N) is 1. The summed E-state index contributed by atoms with van der Waals surface area (Å²) in [6.45, 7) is 13.2. The minimum absolute atomic E-state index is 0.236. The van der Waals surface area contributed by atoms with Gasteiger partial charge in [-0.3, -0.25) is 0 Å². The van der Waals surface area contributed by atoms with Gasteiger partial charge in [-0.2, -0.15) is 4.99 Å². The van der Waals surface area contributed by atoms with E-state index >= 15 is 0 Å². The summed E-state index contributed by atoms with van der Waals surface area (Å²) in [4.78, 5) is 24.2. The third kappa shape index (κ3) is 8.73. The highest BCUT2D eigenvalue weighted by atomic mass is 32.2. The molecule has 0 saturated carbocycles. The van der Waals surface area contributed by atoms with Gasteiger partial charge in [0.15, 0.2) is 11.0 Å².